The number of nitrogens with zero attached hydrogens (tertiary/aromatic N) is 2. The van der Waals surface area contributed by atoms with Gasteiger partial charge in [0.05, 0.1) is 0 Å². The number of hydrogen-bond acceptors (Lipinski definition) is 2. The highest BCUT2D eigenvalue weighted by atomic mass is 15.3. The van der Waals surface area contributed by atoms with Crippen molar-refractivity contribution in [1.29, 1.82) is 0 Å². The summed E-state index contributed by atoms with van der Waals surface area (Å²) in [5, 5.41) is 8.26. The van der Waals surface area contributed by atoms with Crippen LogP contribution in [-0.2, 0) is 6.54 Å². The Bertz CT molecular complexity index is 422. The second-order valence-electron chi connectivity index (χ2n) is 6.71. The highest BCUT2D eigenvalue weighted by Gasteiger charge is 2.33. The molecule has 1 aromatic heterocycles. The maximum atomic E-state index is 4.50. The summed E-state index contributed by atoms with van der Waals surface area (Å²) in [5.74, 6) is 2.43. The summed E-state index contributed by atoms with van der Waals surface area (Å²) < 4.78 is 2.22. The van der Waals surface area contributed by atoms with Gasteiger partial charge in [-0.3, -0.25) is 4.68 Å². The fraction of sp³-hybridized carbons (Fsp3) is 0.824. The van der Waals surface area contributed by atoms with Crippen LogP contribution in [0.1, 0.15) is 64.0 Å². The largest absolute Gasteiger partial charge is 0.314 e. The lowest BCUT2D eigenvalue weighted by atomic mass is 9.71. The third-order valence-electron chi connectivity index (χ3n) is 5.35. The molecular weight excluding hydrogens is 246 g/mol. The van der Waals surface area contributed by atoms with E-state index in [-0.39, 0.29) is 0 Å². The van der Waals surface area contributed by atoms with E-state index in [1.807, 2.05) is 6.20 Å². The zero-order chi connectivity index (χ0) is 13.9. The molecule has 0 radical (unpaired) electrons. The molecule has 0 saturated heterocycles. The smallest absolute Gasteiger partial charge is 0.0492 e. The second-order valence-corrected chi connectivity index (χ2v) is 6.71. The summed E-state index contributed by atoms with van der Waals surface area (Å²) in [6, 6.07) is 3.09. The van der Waals surface area contributed by atoms with Crippen molar-refractivity contribution in [2.45, 2.75) is 70.9 Å². The molecule has 20 heavy (non-hydrogen) atoms. The Balaban J connectivity index is 1.72. The topological polar surface area (TPSA) is 29.9 Å². The van der Waals surface area contributed by atoms with Gasteiger partial charge in [-0.15, -0.1) is 0 Å². The molecule has 3 rings (SSSR count). The average molecular weight is 275 g/mol. The summed E-state index contributed by atoms with van der Waals surface area (Å²) in [6.07, 6.45) is 10.3. The molecule has 112 valence electrons. The van der Waals surface area contributed by atoms with Crippen LogP contribution in [-0.4, -0.2) is 22.4 Å². The summed E-state index contributed by atoms with van der Waals surface area (Å²) in [5.41, 5.74) is 1.48. The Morgan fingerprint density at radius 1 is 1.25 bits per heavy atom. The summed E-state index contributed by atoms with van der Waals surface area (Å²) in [4.78, 5) is 0. The van der Waals surface area contributed by atoms with Gasteiger partial charge in [0.1, 0.15) is 0 Å². The van der Waals surface area contributed by atoms with E-state index in [4.69, 9.17) is 0 Å². The fourth-order valence-electron chi connectivity index (χ4n) is 3.83. The standard InChI is InChI=1S/C17H29N3/c1-3-13-5-6-14(12-18-15-7-8-15)16(11-13)17-9-10-19-20(17)4-2/h9-10,13-16,18H,3-8,11-12H2,1-2H3. The second kappa shape index (κ2) is 6.30. The quantitative estimate of drug-likeness (QED) is 0.860. The van der Waals surface area contributed by atoms with Crippen LogP contribution in [0.25, 0.3) is 0 Å². The molecule has 1 aromatic rings. The van der Waals surface area contributed by atoms with Gasteiger partial charge in [-0.1, -0.05) is 19.8 Å². The summed E-state index contributed by atoms with van der Waals surface area (Å²) in [6.45, 7) is 6.76. The number of aryl methyl sites for hydroxylation is 1. The Hall–Kier alpha value is -0.830. The van der Waals surface area contributed by atoms with Crippen molar-refractivity contribution in [2.75, 3.05) is 6.54 Å². The molecule has 0 spiro atoms. The highest BCUT2D eigenvalue weighted by Crippen LogP contribution is 2.41. The predicted octanol–water partition coefficient (Wildman–Crippen LogP) is 3.56. The monoisotopic (exact) mass is 275 g/mol. The van der Waals surface area contributed by atoms with E-state index >= 15 is 0 Å². The Morgan fingerprint density at radius 3 is 2.80 bits per heavy atom. The number of aromatic nitrogens is 2. The molecule has 3 heteroatoms. The van der Waals surface area contributed by atoms with Crippen molar-refractivity contribution < 1.29 is 0 Å². The van der Waals surface area contributed by atoms with E-state index < -0.39 is 0 Å². The molecule has 0 aliphatic heterocycles. The van der Waals surface area contributed by atoms with Gasteiger partial charge in [-0.05, 0) is 57.1 Å². The third-order valence-corrected chi connectivity index (χ3v) is 5.35. The molecule has 0 aromatic carbocycles. The molecule has 3 nitrogen and oxygen atoms in total. The van der Waals surface area contributed by atoms with Crippen molar-refractivity contribution in [3.05, 3.63) is 18.0 Å². The Kier molecular flexibility index (Phi) is 4.45. The van der Waals surface area contributed by atoms with E-state index in [0.29, 0.717) is 5.92 Å². The molecule has 2 fully saturated rings. The zero-order valence-corrected chi connectivity index (χ0v) is 13.0. The van der Waals surface area contributed by atoms with E-state index in [2.05, 4.69) is 35.0 Å². The molecule has 2 saturated carbocycles. The maximum absolute atomic E-state index is 4.50. The van der Waals surface area contributed by atoms with Gasteiger partial charge in [0.15, 0.2) is 0 Å². The first-order valence-electron chi connectivity index (χ1n) is 8.56. The molecule has 3 atom stereocenters. The first-order chi connectivity index (χ1) is 9.81. The van der Waals surface area contributed by atoms with Crippen molar-refractivity contribution in [3.63, 3.8) is 0 Å². The van der Waals surface area contributed by atoms with Crippen LogP contribution in [0.2, 0.25) is 0 Å². The lowest BCUT2D eigenvalue weighted by molar-refractivity contribution is 0.217. The molecule has 2 aliphatic carbocycles. The predicted molar refractivity (Wildman–Crippen MR) is 82.8 cm³/mol. The number of rotatable bonds is 6. The van der Waals surface area contributed by atoms with Crippen LogP contribution in [0, 0.1) is 11.8 Å². The van der Waals surface area contributed by atoms with Crippen molar-refractivity contribution in [1.82, 2.24) is 15.1 Å². The van der Waals surface area contributed by atoms with Crippen LogP contribution in [0.4, 0.5) is 0 Å². The molecule has 0 bridgehead atoms. The molecule has 2 aliphatic rings. The number of nitrogens with one attached hydrogen (secondary N) is 1. The van der Waals surface area contributed by atoms with Crippen LogP contribution in [0.5, 0.6) is 0 Å². The van der Waals surface area contributed by atoms with Gasteiger partial charge in [-0.2, -0.15) is 5.10 Å². The van der Waals surface area contributed by atoms with Gasteiger partial charge >= 0.3 is 0 Å². The first kappa shape index (κ1) is 14.1. The molecule has 3 unspecified atom stereocenters. The lowest BCUT2D eigenvalue weighted by Crippen LogP contribution is -2.33. The fourth-order valence-corrected chi connectivity index (χ4v) is 3.83. The van der Waals surface area contributed by atoms with Gasteiger partial charge in [0.2, 0.25) is 0 Å². The van der Waals surface area contributed by atoms with Crippen LogP contribution in [0.15, 0.2) is 12.3 Å². The average Bonchev–Trinajstić information content (AvgIpc) is 3.20. The summed E-state index contributed by atoms with van der Waals surface area (Å²) >= 11 is 0. The highest BCUT2D eigenvalue weighted by molar-refractivity contribution is 5.12. The molecule has 0 amide bonds. The van der Waals surface area contributed by atoms with E-state index in [0.717, 1.165) is 24.4 Å². The number of hydrogen-bond donors (Lipinski definition) is 1. The van der Waals surface area contributed by atoms with Crippen LogP contribution < -0.4 is 5.32 Å². The first-order valence-corrected chi connectivity index (χ1v) is 8.56. The zero-order valence-electron chi connectivity index (χ0n) is 13.0. The van der Waals surface area contributed by atoms with Crippen molar-refractivity contribution in [3.8, 4) is 0 Å². The van der Waals surface area contributed by atoms with E-state index in [9.17, 15) is 0 Å². The minimum atomic E-state index is 0.711. The van der Waals surface area contributed by atoms with E-state index in [1.165, 1.54) is 50.8 Å². The molecule has 1 heterocycles. The normalized spacial score (nSPS) is 30.6. The maximum Gasteiger partial charge on any atom is 0.0492 e. The third kappa shape index (κ3) is 3.08. The van der Waals surface area contributed by atoms with Gasteiger partial charge in [-0.25, -0.2) is 0 Å². The summed E-state index contributed by atoms with van der Waals surface area (Å²) in [7, 11) is 0. The van der Waals surface area contributed by atoms with Gasteiger partial charge < -0.3 is 5.32 Å². The van der Waals surface area contributed by atoms with Gasteiger partial charge in [0, 0.05) is 30.4 Å². The van der Waals surface area contributed by atoms with E-state index in [1.54, 1.807) is 0 Å². The van der Waals surface area contributed by atoms with Crippen LogP contribution in [0.3, 0.4) is 0 Å². The lowest BCUT2D eigenvalue weighted by Gasteiger charge is -2.36. The van der Waals surface area contributed by atoms with Gasteiger partial charge in [0.25, 0.3) is 0 Å². The van der Waals surface area contributed by atoms with Crippen molar-refractivity contribution >= 4 is 0 Å². The minimum Gasteiger partial charge on any atom is -0.314 e. The minimum absolute atomic E-state index is 0.711. The Morgan fingerprint density at radius 2 is 2.10 bits per heavy atom. The Labute approximate surface area is 123 Å². The van der Waals surface area contributed by atoms with Crippen molar-refractivity contribution in [2.24, 2.45) is 11.8 Å². The molecular formula is C17H29N3. The molecule has 1 N–H and O–H groups in total. The van der Waals surface area contributed by atoms with Crippen LogP contribution >= 0.6 is 0 Å². The SMILES string of the molecule is CCC1CCC(CNC2CC2)C(c2ccnn2CC)C1.